The van der Waals surface area contributed by atoms with Gasteiger partial charge in [-0.25, -0.2) is 13.5 Å². The highest BCUT2D eigenvalue weighted by Gasteiger charge is 2.16. The van der Waals surface area contributed by atoms with Crippen LogP contribution in [0.1, 0.15) is 77.6 Å². The lowest BCUT2D eigenvalue weighted by Crippen LogP contribution is -2.20. The Morgan fingerprint density at radius 2 is 1.62 bits per heavy atom. The fraction of sp³-hybridized carbons (Fsp3) is 0.297. The Morgan fingerprint density at radius 3 is 2.22 bits per heavy atom. The summed E-state index contributed by atoms with van der Waals surface area (Å²) in [6.45, 7) is 6.00. The maximum absolute atomic E-state index is 13.6. The maximum atomic E-state index is 13.6. The fourth-order valence-electron chi connectivity index (χ4n) is 5.37. The first-order valence-corrected chi connectivity index (χ1v) is 16.1. The summed E-state index contributed by atoms with van der Waals surface area (Å²) >= 11 is 1.67. The van der Waals surface area contributed by atoms with Crippen molar-refractivity contribution >= 4 is 30.0 Å². The third-order valence-corrected chi connectivity index (χ3v) is 9.12. The van der Waals surface area contributed by atoms with E-state index in [1.54, 1.807) is 18.0 Å². The predicted octanol–water partition coefficient (Wildman–Crippen LogP) is 8.96. The van der Waals surface area contributed by atoms with Gasteiger partial charge in [-0.15, -0.1) is 0 Å². The first kappa shape index (κ1) is 33.7. The third kappa shape index (κ3) is 9.93. The summed E-state index contributed by atoms with van der Waals surface area (Å²) in [4.78, 5) is 25.1. The highest BCUT2D eigenvalue weighted by atomic mass is 32.2. The summed E-state index contributed by atoms with van der Waals surface area (Å²) in [6.07, 6.45) is 7.09. The molecule has 0 bridgehead atoms. The number of hydrogen-bond donors (Lipinski definition) is 2. The van der Waals surface area contributed by atoms with Crippen LogP contribution in [0.5, 0.6) is 5.75 Å². The summed E-state index contributed by atoms with van der Waals surface area (Å²) in [5.74, 6) is -1.05. The molecule has 236 valence electrons. The van der Waals surface area contributed by atoms with Gasteiger partial charge in [0.1, 0.15) is 17.1 Å². The molecular weight excluding hydrogens is 587 g/mol. The van der Waals surface area contributed by atoms with E-state index in [4.69, 9.17) is 5.11 Å². The van der Waals surface area contributed by atoms with Gasteiger partial charge < -0.3 is 15.1 Å². The number of hydrogen-bond acceptors (Lipinski definition) is 5. The lowest BCUT2D eigenvalue weighted by atomic mass is 9.84. The molecule has 8 heteroatoms. The van der Waals surface area contributed by atoms with Gasteiger partial charge in [-0.1, -0.05) is 86.3 Å². The van der Waals surface area contributed by atoms with Gasteiger partial charge in [-0.3, -0.25) is 4.79 Å². The SMILES string of the molecule is CCN(Cc1ccccc1F)Sc1ccc(C)cc1.O=CN(Cc1ccc(C2CCCCC2)cc1)c1ccc(C(=O)O)c(O)c1. The molecule has 0 saturated heterocycles. The maximum Gasteiger partial charge on any atom is 0.339 e. The number of anilines is 1. The summed E-state index contributed by atoms with van der Waals surface area (Å²) in [5.41, 5.74) is 4.61. The molecule has 1 amide bonds. The molecule has 0 atom stereocenters. The normalized spacial score (nSPS) is 13.2. The van der Waals surface area contributed by atoms with Crippen molar-refractivity contribution in [1.82, 2.24) is 4.31 Å². The first-order chi connectivity index (χ1) is 21.8. The fourth-order valence-corrected chi connectivity index (χ4v) is 6.26. The summed E-state index contributed by atoms with van der Waals surface area (Å²) in [5, 5.41) is 18.8. The van der Waals surface area contributed by atoms with E-state index in [-0.39, 0.29) is 17.1 Å². The van der Waals surface area contributed by atoms with Crippen molar-refractivity contribution in [3.63, 3.8) is 0 Å². The van der Waals surface area contributed by atoms with Crippen molar-refractivity contribution in [3.05, 3.63) is 125 Å². The molecule has 1 aliphatic carbocycles. The van der Waals surface area contributed by atoms with E-state index in [1.165, 1.54) is 77.3 Å². The molecule has 1 aliphatic rings. The minimum absolute atomic E-state index is 0.134. The second-order valence-corrected chi connectivity index (χ2v) is 12.4. The van der Waals surface area contributed by atoms with Gasteiger partial charge in [0.25, 0.3) is 0 Å². The average molecular weight is 629 g/mol. The van der Waals surface area contributed by atoms with E-state index in [1.807, 2.05) is 24.3 Å². The first-order valence-electron chi connectivity index (χ1n) is 15.4. The molecule has 0 spiro atoms. The number of halogens is 1. The molecule has 4 aromatic carbocycles. The van der Waals surface area contributed by atoms with E-state index < -0.39 is 5.97 Å². The Hall–Kier alpha value is -4.14. The number of carbonyl (C=O) groups excluding carboxylic acids is 1. The highest BCUT2D eigenvalue weighted by Crippen LogP contribution is 2.33. The Balaban J connectivity index is 0.000000215. The van der Waals surface area contributed by atoms with Gasteiger partial charge in [-0.2, -0.15) is 0 Å². The molecule has 1 saturated carbocycles. The smallest absolute Gasteiger partial charge is 0.339 e. The van der Waals surface area contributed by atoms with Gasteiger partial charge in [0.2, 0.25) is 6.41 Å². The number of rotatable bonds is 11. The molecule has 45 heavy (non-hydrogen) atoms. The molecule has 0 radical (unpaired) electrons. The molecule has 0 heterocycles. The van der Waals surface area contributed by atoms with Crippen molar-refractivity contribution in [1.29, 1.82) is 0 Å². The lowest BCUT2D eigenvalue weighted by molar-refractivity contribution is -0.107. The summed E-state index contributed by atoms with van der Waals surface area (Å²) in [6, 6.07) is 27.8. The number of aryl methyl sites for hydroxylation is 1. The highest BCUT2D eigenvalue weighted by molar-refractivity contribution is 7.97. The van der Waals surface area contributed by atoms with Gasteiger partial charge >= 0.3 is 5.97 Å². The standard InChI is InChI=1S/C21H23NO4.C16H18FNS/c23-14-22(18-10-11-19(21(25)26)20(24)12-18)13-15-6-8-17(9-7-15)16-4-2-1-3-5-16;1-3-18(12-14-6-4-5-7-16(14)17)19-15-10-8-13(2)9-11-15/h6-12,14,16,24H,1-5,13H2,(H,25,26);4-11H,3,12H2,1-2H3. The minimum atomic E-state index is -1.20. The zero-order chi connectivity index (χ0) is 32.2. The Bertz CT molecular complexity index is 1540. The monoisotopic (exact) mass is 628 g/mol. The molecule has 2 N–H and O–H groups in total. The van der Waals surface area contributed by atoms with Crippen LogP contribution in [0, 0.1) is 12.7 Å². The van der Waals surface area contributed by atoms with Gasteiger partial charge in [0.05, 0.1) is 6.54 Å². The number of amides is 1. The topological polar surface area (TPSA) is 81.1 Å². The zero-order valence-corrected chi connectivity index (χ0v) is 26.7. The average Bonchev–Trinajstić information content (AvgIpc) is 3.06. The van der Waals surface area contributed by atoms with E-state index in [0.29, 0.717) is 31.1 Å². The molecule has 0 aromatic heterocycles. The van der Waals surface area contributed by atoms with E-state index >= 15 is 0 Å². The molecule has 0 aliphatic heterocycles. The number of carbonyl (C=O) groups is 2. The number of aromatic carboxylic acids is 1. The molecule has 4 aromatic rings. The summed E-state index contributed by atoms with van der Waals surface area (Å²) in [7, 11) is 0. The largest absolute Gasteiger partial charge is 0.507 e. The number of aromatic hydroxyl groups is 1. The lowest BCUT2D eigenvalue weighted by Gasteiger charge is -2.23. The van der Waals surface area contributed by atoms with Crippen molar-refractivity contribution in [3.8, 4) is 5.75 Å². The van der Waals surface area contributed by atoms with Crippen LogP contribution in [0.4, 0.5) is 10.1 Å². The third-order valence-electron chi connectivity index (χ3n) is 7.99. The number of nitrogens with zero attached hydrogens (tertiary/aromatic N) is 2. The number of phenols is 1. The Kier molecular flexibility index (Phi) is 12.6. The summed E-state index contributed by atoms with van der Waals surface area (Å²) < 4.78 is 15.8. The molecule has 1 fully saturated rings. The van der Waals surface area contributed by atoms with Gasteiger partial charge in [0, 0.05) is 35.3 Å². The number of benzene rings is 4. The van der Waals surface area contributed by atoms with Crippen LogP contribution in [-0.2, 0) is 17.9 Å². The van der Waals surface area contributed by atoms with Crippen molar-refractivity contribution in [2.45, 2.75) is 69.9 Å². The zero-order valence-electron chi connectivity index (χ0n) is 25.9. The minimum Gasteiger partial charge on any atom is -0.507 e. The van der Waals surface area contributed by atoms with Crippen LogP contribution in [0.15, 0.2) is 95.9 Å². The van der Waals surface area contributed by atoms with Crippen LogP contribution in [-0.4, -0.2) is 33.4 Å². The number of carboxylic acid groups (broad SMARTS) is 1. The van der Waals surface area contributed by atoms with Gasteiger partial charge in [-0.05, 0) is 79.1 Å². The molecular formula is C37H41FN2O4S. The van der Waals surface area contributed by atoms with Crippen LogP contribution in [0.3, 0.4) is 0 Å². The second kappa shape index (κ2) is 16.8. The Morgan fingerprint density at radius 1 is 0.933 bits per heavy atom. The predicted molar refractivity (Wildman–Crippen MR) is 179 cm³/mol. The molecule has 6 nitrogen and oxygen atoms in total. The second-order valence-electron chi connectivity index (χ2n) is 11.3. The quantitative estimate of drug-likeness (QED) is 0.128. The molecule has 0 unspecified atom stereocenters. The van der Waals surface area contributed by atoms with E-state index in [2.05, 4.69) is 54.6 Å². The van der Waals surface area contributed by atoms with Crippen LogP contribution >= 0.6 is 11.9 Å². The van der Waals surface area contributed by atoms with Crippen LogP contribution < -0.4 is 4.90 Å². The number of carboxylic acids is 1. The van der Waals surface area contributed by atoms with Gasteiger partial charge in [0.15, 0.2) is 0 Å². The Labute approximate surface area is 269 Å². The van der Waals surface area contributed by atoms with Crippen molar-refractivity contribution in [2.75, 3.05) is 11.4 Å². The van der Waals surface area contributed by atoms with Crippen molar-refractivity contribution in [2.24, 2.45) is 0 Å². The van der Waals surface area contributed by atoms with E-state index in [0.717, 1.165) is 17.7 Å². The molecule has 5 rings (SSSR count). The van der Waals surface area contributed by atoms with E-state index in [9.17, 15) is 19.1 Å². The van der Waals surface area contributed by atoms with Crippen molar-refractivity contribution < 1.29 is 24.2 Å². The van der Waals surface area contributed by atoms with Crippen LogP contribution in [0.2, 0.25) is 0 Å². The van der Waals surface area contributed by atoms with Crippen LogP contribution in [0.25, 0.3) is 0 Å².